The first-order chi connectivity index (χ1) is 10.2. The zero-order valence-corrected chi connectivity index (χ0v) is 13.2. The van der Waals surface area contributed by atoms with E-state index < -0.39 is 0 Å². The Labute approximate surface area is 134 Å². The highest BCUT2D eigenvalue weighted by atomic mass is 35.5. The van der Waals surface area contributed by atoms with Crippen LogP contribution in [0.2, 0.25) is 0 Å². The van der Waals surface area contributed by atoms with Gasteiger partial charge in [-0.1, -0.05) is 18.2 Å². The molecule has 0 unspecified atom stereocenters. The lowest BCUT2D eigenvalue weighted by Gasteiger charge is -2.34. The smallest absolute Gasteiger partial charge is 0.275 e. The van der Waals surface area contributed by atoms with E-state index in [-0.39, 0.29) is 36.5 Å². The number of fused-ring (bicyclic) bond motifs is 1. The van der Waals surface area contributed by atoms with Crippen LogP contribution in [0.4, 0.5) is 0 Å². The number of halogens is 1. The first-order valence-electron chi connectivity index (χ1n) is 7.12. The molecule has 1 aromatic heterocycles. The third kappa shape index (κ3) is 3.13. The van der Waals surface area contributed by atoms with E-state index in [0.29, 0.717) is 11.9 Å². The lowest BCUT2D eigenvalue weighted by atomic mass is 10.2. The minimum Gasteiger partial charge on any atom is -0.336 e. The second kappa shape index (κ2) is 6.89. The summed E-state index contributed by atoms with van der Waals surface area (Å²) in [7, 11) is 0. The molecule has 6 nitrogen and oxygen atoms in total. The molecule has 118 valence electrons. The number of hydrogen-bond donors (Lipinski definition) is 1. The van der Waals surface area contributed by atoms with Crippen LogP contribution in [0.1, 0.15) is 6.92 Å². The summed E-state index contributed by atoms with van der Waals surface area (Å²) in [5.74, 6) is -0.0612. The summed E-state index contributed by atoms with van der Waals surface area (Å²) in [5.41, 5.74) is -0.218. The average molecular weight is 323 g/mol. The van der Waals surface area contributed by atoms with Crippen molar-refractivity contribution in [3.05, 3.63) is 40.8 Å². The summed E-state index contributed by atoms with van der Waals surface area (Å²) in [6.07, 6.45) is 1.63. The van der Waals surface area contributed by atoms with Gasteiger partial charge in [-0.25, -0.2) is 4.68 Å². The number of aromatic nitrogens is 2. The monoisotopic (exact) mass is 322 g/mol. The molecule has 1 aromatic carbocycles. The van der Waals surface area contributed by atoms with Gasteiger partial charge in [0.05, 0.1) is 11.6 Å². The lowest BCUT2D eigenvalue weighted by molar-refractivity contribution is -0.134. The van der Waals surface area contributed by atoms with Gasteiger partial charge in [0, 0.05) is 31.1 Å². The first kappa shape index (κ1) is 16.5. The Hall–Kier alpha value is -1.92. The number of amides is 1. The molecule has 7 heteroatoms. The summed E-state index contributed by atoms with van der Waals surface area (Å²) in [6, 6.07) is 7.42. The van der Waals surface area contributed by atoms with Gasteiger partial charge in [-0.2, -0.15) is 5.10 Å². The van der Waals surface area contributed by atoms with Gasteiger partial charge in [-0.3, -0.25) is 9.59 Å². The summed E-state index contributed by atoms with van der Waals surface area (Å²) in [4.78, 5) is 26.5. The molecule has 1 fully saturated rings. The van der Waals surface area contributed by atoms with Crippen molar-refractivity contribution in [3.8, 4) is 0 Å². The van der Waals surface area contributed by atoms with E-state index in [4.69, 9.17) is 0 Å². The highest BCUT2D eigenvalue weighted by Gasteiger charge is 2.23. The Morgan fingerprint density at radius 3 is 2.95 bits per heavy atom. The van der Waals surface area contributed by atoms with Crippen molar-refractivity contribution in [2.45, 2.75) is 19.5 Å². The maximum absolute atomic E-state index is 12.4. The van der Waals surface area contributed by atoms with Crippen LogP contribution in [0.5, 0.6) is 0 Å². The van der Waals surface area contributed by atoms with E-state index in [2.05, 4.69) is 10.4 Å². The second-order valence-electron chi connectivity index (χ2n) is 5.33. The molecule has 1 aliphatic rings. The first-order valence-corrected chi connectivity index (χ1v) is 7.12. The van der Waals surface area contributed by atoms with Crippen LogP contribution in [0.25, 0.3) is 10.8 Å². The Morgan fingerprint density at radius 1 is 1.41 bits per heavy atom. The van der Waals surface area contributed by atoms with Crippen LogP contribution in [0, 0.1) is 0 Å². The zero-order chi connectivity index (χ0) is 14.8. The largest absolute Gasteiger partial charge is 0.336 e. The van der Waals surface area contributed by atoms with Gasteiger partial charge in [-0.15, -0.1) is 12.4 Å². The van der Waals surface area contributed by atoms with Gasteiger partial charge < -0.3 is 10.2 Å². The highest BCUT2D eigenvalue weighted by Crippen LogP contribution is 2.07. The topological polar surface area (TPSA) is 67.2 Å². The number of nitrogens with zero attached hydrogens (tertiary/aromatic N) is 3. The quantitative estimate of drug-likeness (QED) is 0.881. The second-order valence-corrected chi connectivity index (χ2v) is 5.33. The Morgan fingerprint density at radius 2 is 2.18 bits per heavy atom. The van der Waals surface area contributed by atoms with Gasteiger partial charge in [0.2, 0.25) is 5.91 Å². The molecule has 0 aliphatic carbocycles. The number of carbonyl (C=O) groups is 1. The number of hydrogen-bond acceptors (Lipinski definition) is 4. The third-order valence-electron chi connectivity index (χ3n) is 3.87. The maximum atomic E-state index is 12.4. The molecule has 1 saturated heterocycles. The van der Waals surface area contributed by atoms with E-state index in [9.17, 15) is 9.59 Å². The van der Waals surface area contributed by atoms with Crippen molar-refractivity contribution in [1.82, 2.24) is 20.0 Å². The SMILES string of the molecule is C[C@@H]1CNCCN1C(=O)Cn1ncc2ccccc2c1=O.Cl. The van der Waals surface area contributed by atoms with E-state index in [1.165, 1.54) is 4.68 Å². The fourth-order valence-electron chi connectivity index (χ4n) is 2.67. The van der Waals surface area contributed by atoms with Crippen LogP contribution >= 0.6 is 12.4 Å². The van der Waals surface area contributed by atoms with Crippen LogP contribution in [-0.2, 0) is 11.3 Å². The molecule has 1 aliphatic heterocycles. The van der Waals surface area contributed by atoms with Gasteiger partial charge in [-0.05, 0) is 13.0 Å². The van der Waals surface area contributed by atoms with Crippen LogP contribution in [-0.4, -0.2) is 46.3 Å². The number of carbonyl (C=O) groups excluding carboxylic acids is 1. The van der Waals surface area contributed by atoms with E-state index in [1.807, 2.05) is 25.1 Å². The van der Waals surface area contributed by atoms with Gasteiger partial charge in [0.15, 0.2) is 0 Å². The van der Waals surface area contributed by atoms with E-state index >= 15 is 0 Å². The predicted molar refractivity (Wildman–Crippen MR) is 87.3 cm³/mol. The van der Waals surface area contributed by atoms with Crippen LogP contribution in [0.15, 0.2) is 35.3 Å². The van der Waals surface area contributed by atoms with E-state index in [0.717, 1.165) is 18.5 Å². The summed E-state index contributed by atoms with van der Waals surface area (Å²) in [6.45, 7) is 4.24. The summed E-state index contributed by atoms with van der Waals surface area (Å²) >= 11 is 0. The Balaban J connectivity index is 0.00000176. The number of piperazine rings is 1. The third-order valence-corrected chi connectivity index (χ3v) is 3.87. The molecule has 3 rings (SSSR count). The number of nitrogens with one attached hydrogen (secondary N) is 1. The molecule has 2 heterocycles. The van der Waals surface area contributed by atoms with E-state index in [1.54, 1.807) is 17.2 Å². The van der Waals surface area contributed by atoms with Crippen molar-refractivity contribution in [2.75, 3.05) is 19.6 Å². The van der Waals surface area contributed by atoms with Crippen molar-refractivity contribution in [3.63, 3.8) is 0 Å². The minimum absolute atomic E-state index is 0. The van der Waals surface area contributed by atoms with Crippen LogP contribution < -0.4 is 10.9 Å². The van der Waals surface area contributed by atoms with Gasteiger partial charge in [0.1, 0.15) is 6.54 Å². The fraction of sp³-hybridized carbons (Fsp3) is 0.400. The number of benzene rings is 1. The normalized spacial score (nSPS) is 18.0. The molecular formula is C15H19ClN4O2. The van der Waals surface area contributed by atoms with Crippen molar-refractivity contribution < 1.29 is 4.79 Å². The van der Waals surface area contributed by atoms with Crippen molar-refractivity contribution in [1.29, 1.82) is 0 Å². The molecule has 0 saturated carbocycles. The zero-order valence-electron chi connectivity index (χ0n) is 12.4. The van der Waals surface area contributed by atoms with Crippen molar-refractivity contribution in [2.24, 2.45) is 0 Å². The Bertz CT molecular complexity index is 731. The molecular weight excluding hydrogens is 304 g/mol. The summed E-state index contributed by atoms with van der Waals surface area (Å²) in [5, 5.41) is 8.73. The molecule has 1 N–H and O–H groups in total. The molecule has 0 radical (unpaired) electrons. The Kier molecular flexibility index (Phi) is 5.15. The summed E-state index contributed by atoms with van der Waals surface area (Å²) < 4.78 is 1.25. The minimum atomic E-state index is -0.218. The molecule has 0 bridgehead atoms. The lowest BCUT2D eigenvalue weighted by Crippen LogP contribution is -2.53. The predicted octanol–water partition coefficient (Wildman–Crippen LogP) is 0.639. The van der Waals surface area contributed by atoms with Crippen molar-refractivity contribution >= 4 is 29.1 Å². The average Bonchev–Trinajstić information content (AvgIpc) is 2.51. The molecule has 2 aromatic rings. The fourth-order valence-corrected chi connectivity index (χ4v) is 2.67. The maximum Gasteiger partial charge on any atom is 0.275 e. The van der Waals surface area contributed by atoms with Gasteiger partial charge >= 0.3 is 0 Å². The number of rotatable bonds is 2. The molecule has 1 atom stereocenters. The highest BCUT2D eigenvalue weighted by molar-refractivity contribution is 5.85. The molecule has 0 spiro atoms. The molecule has 22 heavy (non-hydrogen) atoms. The van der Waals surface area contributed by atoms with Gasteiger partial charge in [0.25, 0.3) is 5.56 Å². The standard InChI is InChI=1S/C15H18N4O2.ClH/c1-11-8-16-6-7-18(11)14(20)10-19-15(21)13-5-3-2-4-12(13)9-17-19;/h2-5,9,11,16H,6-8,10H2,1H3;1H/t11-;/m1./s1. The molecule has 1 amide bonds. The van der Waals surface area contributed by atoms with Crippen LogP contribution in [0.3, 0.4) is 0 Å².